The summed E-state index contributed by atoms with van der Waals surface area (Å²) in [5.41, 5.74) is 5.72. The molecule has 1 saturated heterocycles. The lowest BCUT2D eigenvalue weighted by Gasteiger charge is -2.49. The minimum atomic E-state index is -1.21. The van der Waals surface area contributed by atoms with Gasteiger partial charge in [-0.15, -0.1) is 47.0 Å². The molecule has 222 valence electrons. The molecule has 1 aromatic heterocycles. The van der Waals surface area contributed by atoms with Gasteiger partial charge in [-0.1, -0.05) is 23.2 Å². The van der Waals surface area contributed by atoms with E-state index in [0.29, 0.717) is 36.9 Å². The average Bonchev–Trinajstić information content (AvgIpc) is 2.93. The summed E-state index contributed by atoms with van der Waals surface area (Å²) >= 11 is 17.4. The van der Waals surface area contributed by atoms with E-state index in [1.54, 1.807) is 35.2 Å². The van der Waals surface area contributed by atoms with Crippen molar-refractivity contribution in [3.63, 3.8) is 0 Å². The third-order valence-electron chi connectivity index (χ3n) is 5.87. The van der Waals surface area contributed by atoms with Crippen LogP contribution in [0.1, 0.15) is 0 Å². The maximum atomic E-state index is 13.0. The number of nitrogens with two attached hydrogens (primary N) is 1. The number of nitrogens with zero attached hydrogens (tertiary/aromatic N) is 2. The van der Waals surface area contributed by atoms with Crippen LogP contribution < -0.4 is 15.6 Å². The van der Waals surface area contributed by atoms with Crippen molar-refractivity contribution in [3.05, 3.63) is 58.0 Å². The summed E-state index contributed by atoms with van der Waals surface area (Å²) in [7, 11) is 0. The summed E-state index contributed by atoms with van der Waals surface area (Å²) in [4.78, 5) is 62.8. The highest BCUT2D eigenvalue weighted by atomic mass is 35.5. The van der Waals surface area contributed by atoms with E-state index in [1.807, 2.05) is 0 Å². The summed E-state index contributed by atoms with van der Waals surface area (Å²) < 4.78 is 1.63. The summed E-state index contributed by atoms with van der Waals surface area (Å²) in [5.74, 6) is -3.14. The number of hydrogen-bond donors (Lipinski definition) is 4. The summed E-state index contributed by atoms with van der Waals surface area (Å²) in [6.45, 7) is 0.0510. The quantitative estimate of drug-likeness (QED) is 0.138. The molecule has 1 aromatic carbocycles. The van der Waals surface area contributed by atoms with E-state index in [4.69, 9.17) is 34.0 Å². The second-order valence-corrected chi connectivity index (χ2v) is 13.9. The summed E-state index contributed by atoms with van der Waals surface area (Å²) in [6, 6.07) is 5.81. The van der Waals surface area contributed by atoms with Gasteiger partial charge in [0.15, 0.2) is 12.4 Å². The highest BCUT2D eigenvalue weighted by Crippen LogP contribution is 2.42. The van der Waals surface area contributed by atoms with Gasteiger partial charge in [-0.05, 0) is 17.7 Å². The Kier molecular flexibility index (Phi) is 11.0. The highest BCUT2D eigenvalue weighted by molar-refractivity contribution is 8.01. The number of thioether (sulfide) groups is 4. The number of benzene rings is 1. The summed E-state index contributed by atoms with van der Waals surface area (Å²) in [6.07, 6.45) is 3.41. The number of amides is 3. The van der Waals surface area contributed by atoms with Gasteiger partial charge in [0, 0.05) is 38.3 Å². The first-order valence-corrected chi connectivity index (χ1v) is 16.8. The maximum Gasteiger partial charge on any atom is 0.352 e. The Labute approximate surface area is 266 Å². The molecule has 3 heterocycles. The van der Waals surface area contributed by atoms with E-state index in [-0.39, 0.29) is 23.7 Å². The lowest BCUT2D eigenvalue weighted by Crippen LogP contribution is -2.70. The standard InChI is InChI=1S/C25H22Cl2N4O7S4/c26-14-6-17(41-11-20(34)35)15(27)5-16(14)40-10-19(33)29-21-23(36)31-22(25(37)38)12(9-42-24(21)31)8-39-13-1-3-30(4-2-13)7-18(28)32/h1-6,21,24H,7-11H2,(H4-,28,29,32,33,34,35,37,38)/p+1/t21-,24+/m0/s1. The van der Waals surface area contributed by atoms with Crippen molar-refractivity contribution in [1.29, 1.82) is 0 Å². The molecule has 0 aliphatic carbocycles. The van der Waals surface area contributed by atoms with Gasteiger partial charge in [0.1, 0.15) is 17.1 Å². The Morgan fingerprint density at radius 3 is 2.24 bits per heavy atom. The predicted molar refractivity (Wildman–Crippen MR) is 162 cm³/mol. The van der Waals surface area contributed by atoms with Crippen LogP contribution in [0, 0.1) is 0 Å². The van der Waals surface area contributed by atoms with Crippen LogP contribution in [0.2, 0.25) is 10.0 Å². The third kappa shape index (κ3) is 7.88. The molecule has 0 spiro atoms. The first kappa shape index (κ1) is 32.4. The molecule has 1 fully saturated rings. The van der Waals surface area contributed by atoms with Crippen LogP contribution in [-0.2, 0) is 30.5 Å². The van der Waals surface area contributed by atoms with Crippen molar-refractivity contribution in [1.82, 2.24) is 10.2 Å². The molecule has 5 N–H and O–H groups in total. The lowest BCUT2D eigenvalue weighted by atomic mass is 10.0. The minimum absolute atomic E-state index is 0.0510. The van der Waals surface area contributed by atoms with Crippen LogP contribution in [0.15, 0.2) is 62.6 Å². The van der Waals surface area contributed by atoms with Crippen LogP contribution in [0.3, 0.4) is 0 Å². The molecule has 17 heteroatoms. The van der Waals surface area contributed by atoms with Gasteiger partial charge >= 0.3 is 11.9 Å². The first-order valence-electron chi connectivity index (χ1n) is 12.0. The lowest BCUT2D eigenvalue weighted by molar-refractivity contribution is -0.684. The fourth-order valence-electron chi connectivity index (χ4n) is 4.02. The minimum Gasteiger partial charge on any atom is -0.481 e. The molecular formula is C25H23Cl2N4O7S4+. The first-order chi connectivity index (χ1) is 19.9. The van der Waals surface area contributed by atoms with Gasteiger partial charge < -0.3 is 21.3 Å². The Morgan fingerprint density at radius 1 is 1.05 bits per heavy atom. The van der Waals surface area contributed by atoms with Crippen LogP contribution >= 0.6 is 70.2 Å². The van der Waals surface area contributed by atoms with Crippen molar-refractivity contribution in [2.24, 2.45) is 5.73 Å². The molecule has 11 nitrogen and oxygen atoms in total. The van der Waals surface area contributed by atoms with Crippen molar-refractivity contribution in [3.8, 4) is 0 Å². The van der Waals surface area contributed by atoms with E-state index in [2.05, 4.69) is 5.32 Å². The van der Waals surface area contributed by atoms with Crippen LogP contribution in [-0.4, -0.2) is 79.2 Å². The zero-order valence-corrected chi connectivity index (χ0v) is 26.2. The topological polar surface area (TPSA) is 171 Å². The molecule has 2 aliphatic rings. The molecule has 0 bridgehead atoms. The number of nitrogens with one attached hydrogen (secondary N) is 1. The number of fused-ring (bicyclic) bond motifs is 1. The van der Waals surface area contributed by atoms with Crippen LogP contribution in [0.5, 0.6) is 0 Å². The Morgan fingerprint density at radius 2 is 1.67 bits per heavy atom. The number of carbonyl (C=O) groups is 5. The Balaban J connectivity index is 1.34. The number of primary amides is 1. The molecule has 3 amide bonds. The molecular weight excluding hydrogens is 667 g/mol. The molecule has 2 aromatic rings. The highest BCUT2D eigenvalue weighted by Gasteiger charge is 2.54. The van der Waals surface area contributed by atoms with E-state index >= 15 is 0 Å². The van der Waals surface area contributed by atoms with Gasteiger partial charge in [-0.3, -0.25) is 24.1 Å². The van der Waals surface area contributed by atoms with Crippen molar-refractivity contribution >= 4 is 99.9 Å². The van der Waals surface area contributed by atoms with Gasteiger partial charge in [0.25, 0.3) is 11.8 Å². The average molecular weight is 691 g/mol. The largest absolute Gasteiger partial charge is 0.481 e. The molecule has 2 aliphatic heterocycles. The van der Waals surface area contributed by atoms with Crippen molar-refractivity contribution < 1.29 is 38.8 Å². The van der Waals surface area contributed by atoms with Gasteiger partial charge in [-0.2, -0.15) is 4.57 Å². The monoisotopic (exact) mass is 689 g/mol. The van der Waals surface area contributed by atoms with Gasteiger partial charge in [0.2, 0.25) is 12.5 Å². The zero-order chi connectivity index (χ0) is 30.6. The van der Waals surface area contributed by atoms with Gasteiger partial charge in [0.05, 0.1) is 21.6 Å². The molecule has 2 atom stereocenters. The number of rotatable bonds is 13. The fraction of sp³-hybridized carbons (Fsp3) is 0.280. The fourth-order valence-corrected chi connectivity index (χ4v) is 8.62. The van der Waals surface area contributed by atoms with Crippen LogP contribution in [0.25, 0.3) is 0 Å². The number of carboxylic acids is 2. The SMILES string of the molecule is NC(=O)C[n+]1ccc(SCC2=C(C(=O)O)N3C(=O)[C@H](NC(=O)CSc4cc(Cl)c(SCC(=O)O)cc4Cl)[C@H]3SC2)cc1. The molecule has 4 rings (SSSR count). The number of β-lactam (4-membered cyclic amide) rings is 1. The van der Waals surface area contributed by atoms with Gasteiger partial charge in [-0.25, -0.2) is 4.79 Å². The number of aliphatic carboxylic acids is 2. The number of halogens is 2. The number of aromatic nitrogens is 1. The second kappa shape index (κ2) is 14.3. The Hall–Kier alpha value is -2.56. The smallest absolute Gasteiger partial charge is 0.352 e. The second-order valence-electron chi connectivity index (χ2n) is 8.86. The van der Waals surface area contributed by atoms with Crippen molar-refractivity contribution in [2.45, 2.75) is 32.6 Å². The maximum absolute atomic E-state index is 13.0. The normalized spacial score (nSPS) is 17.9. The molecule has 0 radical (unpaired) electrons. The number of pyridine rings is 1. The molecule has 0 saturated carbocycles. The number of hydrogen-bond acceptors (Lipinski definition) is 9. The van der Waals surface area contributed by atoms with Crippen molar-refractivity contribution in [2.75, 3.05) is 23.0 Å². The van der Waals surface area contributed by atoms with E-state index < -0.39 is 41.1 Å². The Bertz CT molecular complexity index is 1480. The predicted octanol–water partition coefficient (Wildman–Crippen LogP) is 2.57. The third-order valence-corrected chi connectivity index (χ3v) is 11.3. The molecule has 0 unspecified atom stereocenters. The van der Waals surface area contributed by atoms with E-state index in [0.717, 1.165) is 28.4 Å². The summed E-state index contributed by atoms with van der Waals surface area (Å²) in [5, 5.41) is 21.5. The number of carbonyl (C=O) groups excluding carboxylic acids is 3. The van der Waals surface area contributed by atoms with E-state index in [9.17, 15) is 29.1 Å². The van der Waals surface area contributed by atoms with E-state index in [1.165, 1.54) is 34.5 Å². The molecule has 42 heavy (non-hydrogen) atoms. The van der Waals surface area contributed by atoms with Crippen LogP contribution in [0.4, 0.5) is 0 Å². The zero-order valence-electron chi connectivity index (χ0n) is 21.5. The number of carboxylic acid groups (broad SMARTS) is 2.